The maximum atomic E-state index is 11.3. The van der Waals surface area contributed by atoms with E-state index in [0.717, 1.165) is 0 Å². The quantitative estimate of drug-likeness (QED) is 0.628. The van der Waals surface area contributed by atoms with E-state index in [1.165, 1.54) is 27.7 Å². The Morgan fingerprint density at radius 1 is 0.889 bits per heavy atom. The summed E-state index contributed by atoms with van der Waals surface area (Å²) in [5, 5.41) is 0. The standard InChI is InChI=1S/C12H18O6/c1-7(13)5-11(17-9(3)15)6-12(8(2)14)18-10(4)16/h11-12H,5-6H2,1-4H3. The number of ether oxygens (including phenoxy) is 2. The second kappa shape index (κ2) is 7.58. The number of hydrogen-bond acceptors (Lipinski definition) is 6. The maximum Gasteiger partial charge on any atom is 0.303 e. The zero-order valence-electron chi connectivity index (χ0n) is 11.0. The summed E-state index contributed by atoms with van der Waals surface area (Å²) < 4.78 is 9.73. The first-order chi connectivity index (χ1) is 8.22. The van der Waals surface area contributed by atoms with E-state index in [1.807, 2.05) is 0 Å². The van der Waals surface area contributed by atoms with Gasteiger partial charge >= 0.3 is 11.9 Å². The normalized spacial score (nSPS) is 13.3. The van der Waals surface area contributed by atoms with Gasteiger partial charge in [-0.3, -0.25) is 19.2 Å². The molecule has 18 heavy (non-hydrogen) atoms. The molecule has 0 heterocycles. The number of carbonyl (C=O) groups excluding carboxylic acids is 4. The van der Waals surface area contributed by atoms with Crippen molar-refractivity contribution in [3.63, 3.8) is 0 Å². The van der Waals surface area contributed by atoms with Crippen LogP contribution >= 0.6 is 0 Å². The van der Waals surface area contributed by atoms with E-state index < -0.39 is 24.1 Å². The zero-order chi connectivity index (χ0) is 14.3. The first-order valence-electron chi connectivity index (χ1n) is 5.56. The number of Topliss-reactive ketones (excluding diaryl/α,β-unsaturated/α-hetero) is 2. The SMILES string of the molecule is CC(=O)CC(CC(OC(C)=O)C(C)=O)OC(C)=O. The third kappa shape index (κ3) is 7.54. The minimum absolute atomic E-state index is 0.00588. The molecule has 0 N–H and O–H groups in total. The van der Waals surface area contributed by atoms with E-state index >= 15 is 0 Å². The summed E-state index contributed by atoms with van der Waals surface area (Å²) in [4.78, 5) is 44.0. The van der Waals surface area contributed by atoms with Crippen molar-refractivity contribution in [1.29, 1.82) is 0 Å². The summed E-state index contributed by atoms with van der Waals surface area (Å²) in [6.45, 7) is 5.01. The van der Waals surface area contributed by atoms with Gasteiger partial charge in [0.05, 0.1) is 0 Å². The Morgan fingerprint density at radius 2 is 1.39 bits per heavy atom. The summed E-state index contributed by atoms with van der Waals surface area (Å²) in [6.07, 6.45) is -1.77. The van der Waals surface area contributed by atoms with Gasteiger partial charge in [0.1, 0.15) is 11.9 Å². The fourth-order valence-electron chi connectivity index (χ4n) is 1.46. The highest BCUT2D eigenvalue weighted by Gasteiger charge is 2.25. The third-order valence-corrected chi connectivity index (χ3v) is 2.09. The Kier molecular flexibility index (Phi) is 6.85. The molecule has 0 bridgehead atoms. The molecular weight excluding hydrogens is 240 g/mol. The molecule has 0 spiro atoms. The number of esters is 2. The van der Waals surface area contributed by atoms with E-state index in [1.54, 1.807) is 0 Å². The summed E-state index contributed by atoms with van der Waals surface area (Å²) in [7, 11) is 0. The molecule has 0 aromatic carbocycles. The lowest BCUT2D eigenvalue weighted by Gasteiger charge is -2.20. The number of hydrogen-bond donors (Lipinski definition) is 0. The predicted molar refractivity (Wildman–Crippen MR) is 61.7 cm³/mol. The first-order valence-corrected chi connectivity index (χ1v) is 5.56. The molecule has 0 saturated carbocycles. The maximum absolute atomic E-state index is 11.3. The van der Waals surface area contributed by atoms with Crippen molar-refractivity contribution < 1.29 is 28.7 Å². The molecule has 0 fully saturated rings. The van der Waals surface area contributed by atoms with E-state index in [2.05, 4.69) is 0 Å². The number of carbonyl (C=O) groups is 4. The van der Waals surface area contributed by atoms with Crippen molar-refractivity contribution in [3.05, 3.63) is 0 Å². The molecule has 0 aliphatic carbocycles. The smallest absolute Gasteiger partial charge is 0.303 e. The summed E-state index contributed by atoms with van der Waals surface area (Å²) in [6, 6.07) is 0. The van der Waals surface area contributed by atoms with E-state index in [9.17, 15) is 19.2 Å². The van der Waals surface area contributed by atoms with Gasteiger partial charge in [-0.25, -0.2) is 0 Å². The topological polar surface area (TPSA) is 86.7 Å². The van der Waals surface area contributed by atoms with Gasteiger partial charge in [0, 0.05) is 26.7 Å². The summed E-state index contributed by atoms with van der Waals surface area (Å²) in [5.74, 6) is -1.68. The van der Waals surface area contributed by atoms with Gasteiger partial charge in [0.25, 0.3) is 0 Å². The highest BCUT2D eigenvalue weighted by Crippen LogP contribution is 2.12. The third-order valence-electron chi connectivity index (χ3n) is 2.09. The molecule has 0 aliphatic rings. The lowest BCUT2D eigenvalue weighted by Crippen LogP contribution is -2.32. The zero-order valence-corrected chi connectivity index (χ0v) is 11.0. The van der Waals surface area contributed by atoms with E-state index in [0.29, 0.717) is 0 Å². The van der Waals surface area contributed by atoms with Crippen LogP contribution < -0.4 is 0 Å². The summed E-state index contributed by atoms with van der Waals surface area (Å²) >= 11 is 0. The van der Waals surface area contributed by atoms with Gasteiger partial charge in [-0.1, -0.05) is 0 Å². The van der Waals surface area contributed by atoms with Crippen molar-refractivity contribution in [2.45, 2.75) is 52.7 Å². The Balaban J connectivity index is 4.67. The van der Waals surface area contributed by atoms with Gasteiger partial charge in [-0.15, -0.1) is 0 Å². The van der Waals surface area contributed by atoms with Crippen LogP contribution in [-0.4, -0.2) is 35.7 Å². The molecule has 0 saturated heterocycles. The Labute approximate surface area is 106 Å². The van der Waals surface area contributed by atoms with Crippen LogP contribution in [0.2, 0.25) is 0 Å². The van der Waals surface area contributed by atoms with Crippen LogP contribution in [0.25, 0.3) is 0 Å². The Morgan fingerprint density at radius 3 is 1.72 bits per heavy atom. The lowest BCUT2D eigenvalue weighted by molar-refractivity contribution is -0.158. The second-order valence-corrected chi connectivity index (χ2v) is 4.08. The van der Waals surface area contributed by atoms with Crippen LogP contribution in [0.5, 0.6) is 0 Å². The molecular formula is C12H18O6. The summed E-state index contributed by atoms with van der Waals surface area (Å²) in [5.41, 5.74) is 0. The van der Waals surface area contributed by atoms with Crippen LogP contribution in [0.15, 0.2) is 0 Å². The minimum atomic E-state index is -0.994. The molecule has 2 unspecified atom stereocenters. The highest BCUT2D eigenvalue weighted by atomic mass is 16.6. The number of rotatable bonds is 7. The first kappa shape index (κ1) is 16.3. The Bertz CT molecular complexity index is 330. The average molecular weight is 258 g/mol. The van der Waals surface area contributed by atoms with Gasteiger partial charge in [0.2, 0.25) is 0 Å². The van der Waals surface area contributed by atoms with Crippen LogP contribution in [-0.2, 0) is 28.7 Å². The molecule has 2 atom stereocenters. The molecule has 0 aromatic heterocycles. The average Bonchev–Trinajstić information content (AvgIpc) is 2.13. The van der Waals surface area contributed by atoms with Crippen LogP contribution in [0, 0.1) is 0 Å². The lowest BCUT2D eigenvalue weighted by atomic mass is 10.0. The largest absolute Gasteiger partial charge is 0.462 e. The van der Waals surface area contributed by atoms with E-state index in [-0.39, 0.29) is 24.4 Å². The Hall–Kier alpha value is -1.72. The second-order valence-electron chi connectivity index (χ2n) is 4.08. The number of ketones is 2. The highest BCUT2D eigenvalue weighted by molar-refractivity contribution is 5.83. The van der Waals surface area contributed by atoms with Crippen LogP contribution in [0.3, 0.4) is 0 Å². The van der Waals surface area contributed by atoms with Crippen molar-refractivity contribution in [2.75, 3.05) is 0 Å². The fourth-order valence-corrected chi connectivity index (χ4v) is 1.46. The molecule has 0 aliphatic heterocycles. The molecule has 6 nitrogen and oxygen atoms in total. The molecule has 0 amide bonds. The van der Waals surface area contributed by atoms with Gasteiger partial charge in [0.15, 0.2) is 11.9 Å². The van der Waals surface area contributed by atoms with Crippen LogP contribution in [0.4, 0.5) is 0 Å². The molecule has 6 heteroatoms. The van der Waals surface area contributed by atoms with Crippen molar-refractivity contribution >= 4 is 23.5 Å². The van der Waals surface area contributed by atoms with Gasteiger partial charge in [-0.2, -0.15) is 0 Å². The molecule has 0 rings (SSSR count). The monoisotopic (exact) mass is 258 g/mol. The van der Waals surface area contributed by atoms with Gasteiger partial charge < -0.3 is 9.47 Å². The van der Waals surface area contributed by atoms with Crippen molar-refractivity contribution in [2.24, 2.45) is 0 Å². The van der Waals surface area contributed by atoms with Crippen molar-refractivity contribution in [1.82, 2.24) is 0 Å². The van der Waals surface area contributed by atoms with E-state index in [4.69, 9.17) is 9.47 Å². The predicted octanol–water partition coefficient (Wildman–Crippen LogP) is 0.808. The fraction of sp³-hybridized carbons (Fsp3) is 0.667. The minimum Gasteiger partial charge on any atom is -0.462 e. The van der Waals surface area contributed by atoms with Crippen molar-refractivity contribution in [3.8, 4) is 0 Å². The molecule has 0 aromatic rings. The molecule has 102 valence electrons. The van der Waals surface area contributed by atoms with Crippen LogP contribution in [0.1, 0.15) is 40.5 Å². The van der Waals surface area contributed by atoms with Gasteiger partial charge in [-0.05, 0) is 13.8 Å². The molecule has 0 radical (unpaired) electrons.